The van der Waals surface area contributed by atoms with Crippen molar-refractivity contribution in [1.82, 2.24) is 14.5 Å². The van der Waals surface area contributed by atoms with Gasteiger partial charge in [0.1, 0.15) is 5.82 Å². The summed E-state index contributed by atoms with van der Waals surface area (Å²) in [5.74, 6) is 0.845. The molecule has 0 aliphatic carbocycles. The predicted octanol–water partition coefficient (Wildman–Crippen LogP) is 2.46. The van der Waals surface area contributed by atoms with E-state index in [0.29, 0.717) is 12.1 Å². The predicted molar refractivity (Wildman–Crippen MR) is 82.9 cm³/mol. The highest BCUT2D eigenvalue weighted by Crippen LogP contribution is 2.20. The molecule has 0 bridgehead atoms. The van der Waals surface area contributed by atoms with E-state index in [0.717, 1.165) is 30.8 Å². The molecule has 5 heteroatoms. The van der Waals surface area contributed by atoms with Crippen LogP contribution in [0.25, 0.3) is 11.4 Å². The van der Waals surface area contributed by atoms with Gasteiger partial charge in [0.15, 0.2) is 0 Å². The van der Waals surface area contributed by atoms with Gasteiger partial charge in [0.25, 0.3) is 5.91 Å². The lowest BCUT2D eigenvalue weighted by molar-refractivity contribution is 0.0699. The molecule has 5 nitrogen and oxygen atoms in total. The number of carbonyl (C=O) groups excluding carboxylic acids is 1. The van der Waals surface area contributed by atoms with Crippen molar-refractivity contribution < 1.29 is 4.79 Å². The molecule has 0 saturated carbocycles. The number of hydrogen-bond acceptors (Lipinski definition) is 3. The normalized spacial score (nSPS) is 18.0. The van der Waals surface area contributed by atoms with Gasteiger partial charge in [-0.1, -0.05) is 12.1 Å². The minimum absolute atomic E-state index is 0.00587. The Bertz CT molecular complexity index is 711. The summed E-state index contributed by atoms with van der Waals surface area (Å²) in [4.78, 5) is 18.6. The van der Waals surface area contributed by atoms with Gasteiger partial charge in [0.05, 0.1) is 12.0 Å². The molecule has 0 unspecified atom stereocenters. The molecule has 2 aromatic rings. The van der Waals surface area contributed by atoms with E-state index in [1.807, 2.05) is 42.1 Å². The maximum absolute atomic E-state index is 12.5. The number of amides is 1. The topological polar surface area (TPSA) is 61.9 Å². The van der Waals surface area contributed by atoms with E-state index in [-0.39, 0.29) is 11.8 Å². The highest BCUT2D eigenvalue weighted by Gasteiger charge is 2.24. The number of likely N-dealkylation sites (tertiary alicyclic amines) is 1. The monoisotopic (exact) mass is 294 g/mol. The molecular formula is C17H18N4O. The fourth-order valence-corrected chi connectivity index (χ4v) is 2.86. The second-order valence-corrected chi connectivity index (χ2v) is 5.66. The summed E-state index contributed by atoms with van der Waals surface area (Å²) < 4.78 is 1.94. The van der Waals surface area contributed by atoms with Crippen LogP contribution in [0.4, 0.5) is 0 Å². The lowest BCUT2D eigenvalue weighted by Gasteiger charge is -2.29. The number of nitrogens with zero attached hydrogens (tertiary/aromatic N) is 4. The van der Waals surface area contributed by atoms with Crippen LogP contribution in [0.3, 0.4) is 0 Å². The molecule has 1 fully saturated rings. The van der Waals surface area contributed by atoms with Gasteiger partial charge in [0.2, 0.25) is 0 Å². The van der Waals surface area contributed by atoms with Crippen molar-refractivity contribution in [3.8, 4) is 17.5 Å². The average Bonchev–Trinajstić information content (AvgIpc) is 3.00. The molecule has 0 radical (unpaired) electrons. The number of hydrogen-bond donors (Lipinski definition) is 0. The molecule has 1 aliphatic heterocycles. The van der Waals surface area contributed by atoms with E-state index in [4.69, 9.17) is 5.26 Å². The van der Waals surface area contributed by atoms with E-state index in [1.54, 1.807) is 11.1 Å². The zero-order valence-corrected chi connectivity index (χ0v) is 12.6. The maximum Gasteiger partial charge on any atom is 0.253 e. The van der Waals surface area contributed by atoms with Crippen LogP contribution in [0, 0.1) is 17.2 Å². The first-order valence-electron chi connectivity index (χ1n) is 7.45. The molecule has 3 rings (SSSR count). The molecule has 1 amide bonds. The number of benzene rings is 1. The number of imidazole rings is 1. The summed E-state index contributed by atoms with van der Waals surface area (Å²) in [5.41, 5.74) is 1.65. The minimum atomic E-state index is -0.0375. The third kappa shape index (κ3) is 2.73. The Morgan fingerprint density at radius 3 is 2.77 bits per heavy atom. The van der Waals surface area contributed by atoms with E-state index in [9.17, 15) is 4.79 Å². The van der Waals surface area contributed by atoms with Crippen LogP contribution in [0.5, 0.6) is 0 Å². The zero-order chi connectivity index (χ0) is 15.5. The van der Waals surface area contributed by atoms with Crippen molar-refractivity contribution >= 4 is 5.91 Å². The Morgan fingerprint density at radius 2 is 2.14 bits per heavy atom. The minimum Gasteiger partial charge on any atom is -0.337 e. The molecule has 22 heavy (non-hydrogen) atoms. The number of piperidine rings is 1. The number of nitriles is 1. The van der Waals surface area contributed by atoms with Crippen LogP contribution in [-0.4, -0.2) is 33.4 Å². The summed E-state index contributed by atoms with van der Waals surface area (Å²) in [7, 11) is 1.94. The molecule has 1 aliphatic rings. The van der Waals surface area contributed by atoms with E-state index in [2.05, 4.69) is 11.1 Å². The van der Waals surface area contributed by atoms with Gasteiger partial charge in [0, 0.05) is 43.7 Å². The Labute approximate surface area is 129 Å². The second kappa shape index (κ2) is 6.02. The van der Waals surface area contributed by atoms with Gasteiger partial charge in [-0.25, -0.2) is 4.98 Å². The Balaban J connectivity index is 1.77. The van der Waals surface area contributed by atoms with Crippen molar-refractivity contribution in [2.45, 2.75) is 12.8 Å². The van der Waals surface area contributed by atoms with Gasteiger partial charge in [-0.2, -0.15) is 5.26 Å². The quantitative estimate of drug-likeness (QED) is 0.854. The van der Waals surface area contributed by atoms with E-state index >= 15 is 0 Å². The van der Waals surface area contributed by atoms with Crippen molar-refractivity contribution in [2.24, 2.45) is 13.0 Å². The summed E-state index contributed by atoms with van der Waals surface area (Å²) >= 11 is 0. The highest BCUT2D eigenvalue weighted by atomic mass is 16.2. The molecule has 1 aromatic heterocycles. The fourth-order valence-electron chi connectivity index (χ4n) is 2.86. The third-order valence-corrected chi connectivity index (χ3v) is 4.10. The molecule has 1 aromatic carbocycles. The number of carbonyl (C=O) groups is 1. The summed E-state index contributed by atoms with van der Waals surface area (Å²) in [6, 6.07) is 9.78. The van der Waals surface area contributed by atoms with Crippen LogP contribution in [-0.2, 0) is 7.05 Å². The first kappa shape index (κ1) is 14.3. The maximum atomic E-state index is 12.5. The van der Waals surface area contributed by atoms with Crippen molar-refractivity contribution in [2.75, 3.05) is 13.1 Å². The summed E-state index contributed by atoms with van der Waals surface area (Å²) in [6.07, 6.45) is 5.43. The highest BCUT2D eigenvalue weighted by molar-refractivity contribution is 5.94. The van der Waals surface area contributed by atoms with Crippen LogP contribution < -0.4 is 0 Å². The van der Waals surface area contributed by atoms with Crippen molar-refractivity contribution in [3.63, 3.8) is 0 Å². The van der Waals surface area contributed by atoms with E-state index < -0.39 is 0 Å². The molecule has 0 spiro atoms. The Morgan fingerprint density at radius 1 is 1.36 bits per heavy atom. The zero-order valence-electron chi connectivity index (χ0n) is 12.6. The van der Waals surface area contributed by atoms with Crippen LogP contribution in [0.2, 0.25) is 0 Å². The molecule has 1 atom stereocenters. The van der Waals surface area contributed by atoms with Gasteiger partial charge in [-0.3, -0.25) is 4.79 Å². The number of rotatable bonds is 2. The Kier molecular flexibility index (Phi) is 3.92. The van der Waals surface area contributed by atoms with Gasteiger partial charge < -0.3 is 9.47 Å². The van der Waals surface area contributed by atoms with Crippen molar-refractivity contribution in [1.29, 1.82) is 5.26 Å². The second-order valence-electron chi connectivity index (χ2n) is 5.66. The standard InChI is InChI=1S/C17H18N4O/c1-20-10-8-19-16(20)14-4-6-15(7-5-14)17(22)21-9-2-3-13(11-18)12-21/h4-8,10,13H,2-3,9,12H2,1H3/t13-/m0/s1. The van der Waals surface area contributed by atoms with E-state index in [1.165, 1.54) is 0 Å². The largest absolute Gasteiger partial charge is 0.337 e. The summed E-state index contributed by atoms with van der Waals surface area (Å²) in [5, 5.41) is 9.03. The SMILES string of the molecule is Cn1ccnc1-c1ccc(C(=O)N2CCC[C@@H](C#N)C2)cc1. The molecule has 1 saturated heterocycles. The molecule has 112 valence electrons. The average molecular weight is 294 g/mol. The van der Waals surface area contributed by atoms with Gasteiger partial charge in [-0.05, 0) is 25.0 Å². The van der Waals surface area contributed by atoms with Crippen LogP contribution >= 0.6 is 0 Å². The Hall–Kier alpha value is -2.61. The fraction of sp³-hybridized carbons (Fsp3) is 0.353. The van der Waals surface area contributed by atoms with Crippen LogP contribution in [0.15, 0.2) is 36.7 Å². The van der Waals surface area contributed by atoms with Gasteiger partial charge in [-0.15, -0.1) is 0 Å². The number of aryl methyl sites for hydroxylation is 1. The first-order valence-corrected chi connectivity index (χ1v) is 7.45. The lowest BCUT2D eigenvalue weighted by Crippen LogP contribution is -2.39. The van der Waals surface area contributed by atoms with Crippen molar-refractivity contribution in [3.05, 3.63) is 42.2 Å². The molecule has 2 heterocycles. The lowest BCUT2D eigenvalue weighted by atomic mass is 9.99. The summed E-state index contributed by atoms with van der Waals surface area (Å²) in [6.45, 7) is 1.27. The smallest absolute Gasteiger partial charge is 0.253 e. The number of aromatic nitrogens is 2. The first-order chi connectivity index (χ1) is 10.7. The molecule has 0 N–H and O–H groups in total. The van der Waals surface area contributed by atoms with Gasteiger partial charge >= 0.3 is 0 Å². The van der Waals surface area contributed by atoms with Crippen LogP contribution in [0.1, 0.15) is 23.2 Å². The molecular weight excluding hydrogens is 276 g/mol. The third-order valence-electron chi connectivity index (χ3n) is 4.10.